The summed E-state index contributed by atoms with van der Waals surface area (Å²) in [6, 6.07) is 4.45. The molecule has 0 bridgehead atoms. The van der Waals surface area contributed by atoms with Gasteiger partial charge < -0.3 is 19.5 Å². The van der Waals surface area contributed by atoms with Gasteiger partial charge in [0.05, 0.1) is 26.9 Å². The van der Waals surface area contributed by atoms with E-state index in [0.29, 0.717) is 24.8 Å². The summed E-state index contributed by atoms with van der Waals surface area (Å²) in [6.07, 6.45) is 3.34. The molecule has 1 aromatic carbocycles. The standard InChI is InChI=1S/C21H18Cl2N4O4/c1-26-4-6-27(7-5-26)21(30)17-8-14-13(3-2-12(11-28)19(14)31-17)20(29)25-18-15(22)9-24-10-16(18)23/h2-3,8-11H,4-7H2,1H3,(H,24,25,29). The highest BCUT2D eigenvalue weighted by Crippen LogP contribution is 2.31. The Balaban J connectivity index is 1.70. The van der Waals surface area contributed by atoms with Crippen LogP contribution in [0.15, 0.2) is 35.0 Å². The Bertz CT molecular complexity index is 1170. The molecule has 0 unspecified atom stereocenters. The normalized spacial score (nSPS) is 14.6. The molecule has 2 aromatic heterocycles. The first-order valence-electron chi connectivity index (χ1n) is 9.49. The zero-order valence-electron chi connectivity index (χ0n) is 16.5. The molecular formula is C21H18Cl2N4O4. The van der Waals surface area contributed by atoms with Crippen LogP contribution < -0.4 is 5.32 Å². The van der Waals surface area contributed by atoms with E-state index in [2.05, 4.69) is 15.2 Å². The third-order valence-corrected chi connectivity index (χ3v) is 5.75. The van der Waals surface area contributed by atoms with E-state index in [-0.39, 0.29) is 44.1 Å². The molecule has 0 saturated carbocycles. The Hall–Kier alpha value is -2.94. The first kappa shape index (κ1) is 21.3. The zero-order chi connectivity index (χ0) is 22.1. The third-order valence-electron chi connectivity index (χ3n) is 5.18. The van der Waals surface area contributed by atoms with Crippen LogP contribution in [0.5, 0.6) is 0 Å². The van der Waals surface area contributed by atoms with Gasteiger partial charge in [0.15, 0.2) is 12.0 Å². The smallest absolute Gasteiger partial charge is 0.289 e. The van der Waals surface area contributed by atoms with Crippen molar-refractivity contribution in [2.45, 2.75) is 0 Å². The van der Waals surface area contributed by atoms with Gasteiger partial charge in [-0.1, -0.05) is 23.2 Å². The monoisotopic (exact) mass is 460 g/mol. The number of aromatic nitrogens is 1. The number of fused-ring (bicyclic) bond motifs is 1. The second-order valence-electron chi connectivity index (χ2n) is 7.20. The predicted octanol–water partition coefficient (Wildman–Crippen LogP) is 3.59. The highest BCUT2D eigenvalue weighted by Gasteiger charge is 2.26. The van der Waals surface area contributed by atoms with Crippen LogP contribution in [0.1, 0.15) is 31.3 Å². The lowest BCUT2D eigenvalue weighted by Gasteiger charge is -2.31. The number of amides is 2. The Morgan fingerprint density at radius 3 is 2.45 bits per heavy atom. The molecule has 1 N–H and O–H groups in total. The van der Waals surface area contributed by atoms with Crippen molar-refractivity contribution in [1.29, 1.82) is 0 Å². The largest absolute Gasteiger partial charge is 0.450 e. The molecule has 0 spiro atoms. The fourth-order valence-corrected chi connectivity index (χ4v) is 3.88. The second kappa shape index (κ2) is 8.66. The minimum Gasteiger partial charge on any atom is -0.450 e. The third kappa shape index (κ3) is 4.14. The predicted molar refractivity (Wildman–Crippen MR) is 117 cm³/mol. The SMILES string of the molecule is CN1CCN(C(=O)c2cc3c(C(=O)Nc4c(Cl)cncc4Cl)ccc(C=O)c3o2)CC1. The van der Waals surface area contributed by atoms with E-state index >= 15 is 0 Å². The number of halogens is 2. The van der Waals surface area contributed by atoms with Crippen LogP contribution in [0.3, 0.4) is 0 Å². The van der Waals surface area contributed by atoms with E-state index in [4.69, 9.17) is 27.6 Å². The Morgan fingerprint density at radius 2 is 1.81 bits per heavy atom. The lowest BCUT2D eigenvalue weighted by molar-refractivity contribution is 0.0634. The van der Waals surface area contributed by atoms with E-state index in [9.17, 15) is 14.4 Å². The van der Waals surface area contributed by atoms with Crippen LogP contribution >= 0.6 is 23.2 Å². The number of hydrogen-bond acceptors (Lipinski definition) is 6. The number of rotatable bonds is 4. The quantitative estimate of drug-likeness (QED) is 0.597. The van der Waals surface area contributed by atoms with Crippen molar-refractivity contribution in [1.82, 2.24) is 14.8 Å². The van der Waals surface area contributed by atoms with Crippen LogP contribution in [0, 0.1) is 0 Å². The summed E-state index contributed by atoms with van der Waals surface area (Å²) in [4.78, 5) is 45.1. The highest BCUT2D eigenvalue weighted by molar-refractivity contribution is 6.39. The molecular weight excluding hydrogens is 443 g/mol. The fraction of sp³-hybridized carbons (Fsp3) is 0.238. The first-order valence-corrected chi connectivity index (χ1v) is 10.2. The van der Waals surface area contributed by atoms with Crippen molar-refractivity contribution >= 4 is 58.0 Å². The summed E-state index contributed by atoms with van der Waals surface area (Å²) in [6.45, 7) is 2.65. The van der Waals surface area contributed by atoms with Gasteiger partial charge in [0.2, 0.25) is 0 Å². The summed E-state index contributed by atoms with van der Waals surface area (Å²) in [5.74, 6) is -0.729. The maximum Gasteiger partial charge on any atom is 0.289 e. The summed E-state index contributed by atoms with van der Waals surface area (Å²) < 4.78 is 5.74. The highest BCUT2D eigenvalue weighted by atomic mass is 35.5. The average molecular weight is 461 g/mol. The van der Waals surface area contributed by atoms with Gasteiger partial charge in [-0.3, -0.25) is 19.4 Å². The molecule has 160 valence electrons. The lowest BCUT2D eigenvalue weighted by Crippen LogP contribution is -2.47. The van der Waals surface area contributed by atoms with Crippen molar-refractivity contribution < 1.29 is 18.8 Å². The molecule has 0 radical (unpaired) electrons. The Morgan fingerprint density at radius 1 is 1.13 bits per heavy atom. The zero-order valence-corrected chi connectivity index (χ0v) is 18.0. The summed E-state index contributed by atoms with van der Waals surface area (Å²) in [7, 11) is 1.99. The van der Waals surface area contributed by atoms with Gasteiger partial charge in [-0.2, -0.15) is 0 Å². The molecule has 1 fully saturated rings. The van der Waals surface area contributed by atoms with Gasteiger partial charge in [0.1, 0.15) is 5.58 Å². The molecule has 0 atom stereocenters. The molecule has 3 aromatic rings. The molecule has 4 rings (SSSR count). The average Bonchev–Trinajstić information content (AvgIpc) is 3.21. The molecule has 10 heteroatoms. The molecule has 3 heterocycles. The maximum absolute atomic E-state index is 13.0. The van der Waals surface area contributed by atoms with Crippen molar-refractivity contribution in [3.63, 3.8) is 0 Å². The van der Waals surface area contributed by atoms with E-state index in [1.54, 1.807) is 4.90 Å². The molecule has 1 saturated heterocycles. The minimum absolute atomic E-state index is 0.0721. The van der Waals surface area contributed by atoms with Crippen molar-refractivity contribution in [3.8, 4) is 0 Å². The van der Waals surface area contributed by atoms with E-state index < -0.39 is 5.91 Å². The number of carbonyl (C=O) groups is 3. The molecule has 1 aliphatic rings. The van der Waals surface area contributed by atoms with Crippen LogP contribution in [0.4, 0.5) is 5.69 Å². The lowest BCUT2D eigenvalue weighted by atomic mass is 10.1. The maximum atomic E-state index is 13.0. The topological polar surface area (TPSA) is 95.8 Å². The molecule has 8 nitrogen and oxygen atoms in total. The number of carbonyl (C=O) groups excluding carboxylic acids is 3. The van der Waals surface area contributed by atoms with Crippen LogP contribution in [0.25, 0.3) is 11.0 Å². The number of pyridine rings is 1. The molecule has 0 aliphatic carbocycles. The van der Waals surface area contributed by atoms with Crippen molar-refractivity contribution in [3.05, 3.63) is 57.5 Å². The minimum atomic E-state index is -0.517. The van der Waals surface area contributed by atoms with E-state index in [1.807, 2.05) is 7.05 Å². The van der Waals surface area contributed by atoms with Crippen molar-refractivity contribution in [2.24, 2.45) is 0 Å². The Labute approximate surface area is 187 Å². The number of furan rings is 1. The molecule has 1 aliphatic heterocycles. The summed E-state index contributed by atoms with van der Waals surface area (Å²) in [5, 5.41) is 3.37. The summed E-state index contributed by atoms with van der Waals surface area (Å²) in [5.41, 5.74) is 0.843. The van der Waals surface area contributed by atoms with Crippen molar-refractivity contribution in [2.75, 3.05) is 38.5 Å². The van der Waals surface area contributed by atoms with Crippen LogP contribution in [-0.4, -0.2) is 66.1 Å². The van der Waals surface area contributed by atoms with Gasteiger partial charge in [-0.15, -0.1) is 0 Å². The number of anilines is 1. The first-order chi connectivity index (χ1) is 14.9. The fourth-order valence-electron chi connectivity index (χ4n) is 3.42. The van der Waals surface area contributed by atoms with E-state index in [0.717, 1.165) is 13.1 Å². The Kier molecular flexibility index (Phi) is 5.95. The van der Waals surface area contributed by atoms with Crippen LogP contribution in [0.2, 0.25) is 10.0 Å². The van der Waals surface area contributed by atoms with Crippen LogP contribution in [-0.2, 0) is 0 Å². The molecule has 31 heavy (non-hydrogen) atoms. The number of nitrogens with one attached hydrogen (secondary N) is 1. The van der Waals surface area contributed by atoms with Gasteiger partial charge in [0.25, 0.3) is 11.8 Å². The number of piperazine rings is 1. The number of benzene rings is 1. The number of hydrogen-bond donors (Lipinski definition) is 1. The van der Waals surface area contributed by atoms with Gasteiger partial charge in [0, 0.05) is 44.0 Å². The summed E-state index contributed by atoms with van der Waals surface area (Å²) >= 11 is 12.2. The molecule has 2 amide bonds. The number of likely N-dealkylation sites (N-methyl/N-ethyl adjacent to an activating group) is 1. The second-order valence-corrected chi connectivity index (χ2v) is 8.02. The van der Waals surface area contributed by atoms with Gasteiger partial charge in [-0.05, 0) is 25.2 Å². The van der Waals surface area contributed by atoms with Gasteiger partial charge >= 0.3 is 0 Å². The van der Waals surface area contributed by atoms with Gasteiger partial charge in [-0.25, -0.2) is 0 Å². The number of nitrogens with zero attached hydrogens (tertiary/aromatic N) is 3. The van der Waals surface area contributed by atoms with E-state index in [1.165, 1.54) is 30.6 Å². The number of aldehydes is 1.